The summed E-state index contributed by atoms with van der Waals surface area (Å²) in [5.74, 6) is -2.45. The number of benzene rings is 2. The minimum absolute atomic E-state index is 0.0284. The van der Waals surface area contributed by atoms with Crippen LogP contribution in [0.4, 0.5) is 18.9 Å². The molecule has 1 aliphatic rings. The van der Waals surface area contributed by atoms with Crippen molar-refractivity contribution in [2.75, 3.05) is 11.5 Å². The highest BCUT2D eigenvalue weighted by atomic mass is 19.4. The van der Waals surface area contributed by atoms with Gasteiger partial charge in [0.15, 0.2) is 0 Å². The molecule has 2 heterocycles. The Morgan fingerprint density at radius 2 is 1.76 bits per heavy atom. The predicted octanol–water partition coefficient (Wildman–Crippen LogP) is 6.18. The highest BCUT2D eigenvalue weighted by molar-refractivity contribution is 6.51. The zero-order chi connectivity index (χ0) is 27.3. The molecule has 7 nitrogen and oxygen atoms in total. The summed E-state index contributed by atoms with van der Waals surface area (Å²) in [6, 6.07) is 14.8. The second kappa shape index (κ2) is 11.4. The number of aliphatic hydroxyl groups is 1. The van der Waals surface area contributed by atoms with Gasteiger partial charge in [-0.15, -0.1) is 13.2 Å². The lowest BCUT2D eigenvalue weighted by Gasteiger charge is -2.25. The number of carbonyl (C=O) groups excluding carboxylic acids is 2. The van der Waals surface area contributed by atoms with Gasteiger partial charge in [-0.2, -0.15) is 0 Å². The number of rotatable bonds is 9. The Hall–Kier alpha value is -4.34. The first-order valence-electron chi connectivity index (χ1n) is 12.0. The average molecular weight is 527 g/mol. The fourth-order valence-corrected chi connectivity index (χ4v) is 4.15. The summed E-state index contributed by atoms with van der Waals surface area (Å²) >= 11 is 0. The number of ketones is 1. The number of ether oxygens (including phenoxy) is 2. The van der Waals surface area contributed by atoms with E-state index in [1.165, 1.54) is 18.3 Å². The molecule has 1 unspecified atom stereocenters. The first kappa shape index (κ1) is 26.7. The summed E-state index contributed by atoms with van der Waals surface area (Å²) in [5, 5.41) is 11.2. The number of Topliss-reactive ketones (excluding diaryl/α,β-unsaturated/α-hetero) is 1. The number of aromatic nitrogens is 1. The summed E-state index contributed by atoms with van der Waals surface area (Å²) in [6.45, 7) is 2.63. The van der Waals surface area contributed by atoms with Crippen LogP contribution in [0.2, 0.25) is 0 Å². The van der Waals surface area contributed by atoms with E-state index in [-0.39, 0.29) is 22.5 Å². The van der Waals surface area contributed by atoms with Crippen molar-refractivity contribution >= 4 is 23.1 Å². The lowest BCUT2D eigenvalue weighted by molar-refractivity contribution is -0.274. The Balaban J connectivity index is 1.74. The number of hydrogen-bond acceptors (Lipinski definition) is 6. The third-order valence-electron chi connectivity index (χ3n) is 5.89. The molecule has 0 bridgehead atoms. The maximum atomic E-state index is 13.2. The molecule has 1 aromatic heterocycles. The Morgan fingerprint density at radius 1 is 1.00 bits per heavy atom. The molecule has 1 fully saturated rings. The lowest BCUT2D eigenvalue weighted by atomic mass is 9.98. The topological polar surface area (TPSA) is 89.0 Å². The van der Waals surface area contributed by atoms with Gasteiger partial charge in [-0.05, 0) is 55.0 Å². The standard InChI is InChI=1S/C28H25F3N2O5/c1-2-3-6-16-37-20-13-11-18(12-14-20)25(34)23-24(22-10-4-5-15-32-22)33(27(36)26(23)35)19-8-7-9-21(17-19)38-28(29,30)31/h4-5,7-15,17,24,34H,2-3,6,16H2,1H3/b25-23+. The van der Waals surface area contributed by atoms with Gasteiger partial charge in [0.05, 0.1) is 17.9 Å². The molecule has 198 valence electrons. The molecule has 0 radical (unpaired) electrons. The number of unbranched alkanes of at least 4 members (excludes halogenated alkanes) is 2. The monoisotopic (exact) mass is 526 g/mol. The van der Waals surface area contributed by atoms with Gasteiger partial charge in [0.2, 0.25) is 0 Å². The van der Waals surface area contributed by atoms with Gasteiger partial charge >= 0.3 is 6.36 Å². The second-order valence-corrected chi connectivity index (χ2v) is 8.55. The Labute approximate surface area is 217 Å². The summed E-state index contributed by atoms with van der Waals surface area (Å²) < 4.78 is 48.1. The normalized spacial score (nSPS) is 17.1. The van der Waals surface area contributed by atoms with Crippen molar-refractivity contribution in [3.63, 3.8) is 0 Å². The van der Waals surface area contributed by atoms with Crippen LogP contribution in [0.3, 0.4) is 0 Å². The first-order valence-corrected chi connectivity index (χ1v) is 12.0. The summed E-state index contributed by atoms with van der Waals surface area (Å²) in [7, 11) is 0. The molecular formula is C28H25F3N2O5. The van der Waals surface area contributed by atoms with Crippen LogP contribution in [-0.2, 0) is 9.59 Å². The molecule has 3 aromatic rings. The molecule has 1 saturated heterocycles. The van der Waals surface area contributed by atoms with Crippen LogP contribution in [0.1, 0.15) is 43.5 Å². The van der Waals surface area contributed by atoms with E-state index in [1.807, 2.05) is 0 Å². The molecule has 38 heavy (non-hydrogen) atoms. The number of hydrogen-bond donors (Lipinski definition) is 1. The van der Waals surface area contributed by atoms with Crippen LogP contribution < -0.4 is 14.4 Å². The van der Waals surface area contributed by atoms with Crippen molar-refractivity contribution in [2.45, 2.75) is 38.6 Å². The van der Waals surface area contributed by atoms with Gasteiger partial charge in [0.25, 0.3) is 11.7 Å². The van der Waals surface area contributed by atoms with Gasteiger partial charge in [0.1, 0.15) is 23.3 Å². The molecule has 1 atom stereocenters. The number of halogens is 3. The fraction of sp³-hybridized carbons (Fsp3) is 0.250. The molecule has 10 heteroatoms. The van der Waals surface area contributed by atoms with Crippen molar-refractivity contribution in [2.24, 2.45) is 0 Å². The molecule has 0 aliphatic carbocycles. The number of aliphatic hydroxyl groups excluding tert-OH is 1. The number of nitrogens with zero attached hydrogens (tertiary/aromatic N) is 2. The molecule has 1 aliphatic heterocycles. The van der Waals surface area contributed by atoms with E-state index >= 15 is 0 Å². The number of carbonyl (C=O) groups is 2. The van der Waals surface area contributed by atoms with Crippen molar-refractivity contribution in [1.29, 1.82) is 0 Å². The predicted molar refractivity (Wildman–Crippen MR) is 134 cm³/mol. The summed E-state index contributed by atoms with van der Waals surface area (Å²) in [6.07, 6.45) is -0.494. The quantitative estimate of drug-likeness (QED) is 0.155. The van der Waals surface area contributed by atoms with Crippen molar-refractivity contribution in [3.05, 3.63) is 89.8 Å². The Morgan fingerprint density at radius 3 is 2.42 bits per heavy atom. The van der Waals surface area contributed by atoms with E-state index in [9.17, 15) is 27.9 Å². The van der Waals surface area contributed by atoms with E-state index < -0.39 is 35.6 Å². The van der Waals surface area contributed by atoms with Gasteiger partial charge < -0.3 is 14.6 Å². The maximum absolute atomic E-state index is 13.2. The second-order valence-electron chi connectivity index (χ2n) is 8.55. The summed E-state index contributed by atoms with van der Waals surface area (Å²) in [5.41, 5.74) is 0.233. The molecule has 4 rings (SSSR count). The van der Waals surface area contributed by atoms with Crippen LogP contribution in [0, 0.1) is 0 Å². The van der Waals surface area contributed by atoms with E-state index in [1.54, 1.807) is 42.5 Å². The van der Waals surface area contributed by atoms with Crippen molar-refractivity contribution in [3.8, 4) is 11.5 Å². The smallest absolute Gasteiger partial charge is 0.507 e. The van der Waals surface area contributed by atoms with Crippen molar-refractivity contribution < 1.29 is 37.3 Å². The van der Waals surface area contributed by atoms with Gasteiger partial charge in [-0.25, -0.2) is 0 Å². The largest absolute Gasteiger partial charge is 0.573 e. The third-order valence-corrected chi connectivity index (χ3v) is 5.89. The van der Waals surface area contributed by atoms with Gasteiger partial charge in [-0.3, -0.25) is 19.5 Å². The average Bonchev–Trinajstić information content (AvgIpc) is 3.16. The van der Waals surface area contributed by atoms with E-state index in [0.29, 0.717) is 12.4 Å². The number of alkyl halides is 3. The zero-order valence-electron chi connectivity index (χ0n) is 20.4. The van der Waals surface area contributed by atoms with Crippen LogP contribution in [0.5, 0.6) is 11.5 Å². The molecular weight excluding hydrogens is 501 g/mol. The SMILES string of the molecule is CCCCCOc1ccc(/C(O)=C2\C(=O)C(=O)N(c3cccc(OC(F)(F)F)c3)C2c2ccccn2)cc1. The minimum Gasteiger partial charge on any atom is -0.507 e. The van der Waals surface area contributed by atoms with E-state index in [4.69, 9.17) is 4.74 Å². The van der Waals surface area contributed by atoms with Gasteiger partial charge in [-0.1, -0.05) is 31.9 Å². The molecule has 0 saturated carbocycles. The fourth-order valence-electron chi connectivity index (χ4n) is 4.15. The molecule has 2 aromatic carbocycles. The van der Waals surface area contributed by atoms with Crippen LogP contribution in [-0.4, -0.2) is 34.8 Å². The number of pyridine rings is 1. The first-order chi connectivity index (χ1) is 18.2. The van der Waals surface area contributed by atoms with Crippen molar-refractivity contribution in [1.82, 2.24) is 4.98 Å². The third kappa shape index (κ3) is 5.96. The lowest BCUT2D eigenvalue weighted by Crippen LogP contribution is -2.30. The maximum Gasteiger partial charge on any atom is 0.573 e. The van der Waals surface area contributed by atoms with Gasteiger partial charge in [0, 0.05) is 23.5 Å². The van der Waals surface area contributed by atoms with E-state index in [2.05, 4.69) is 16.6 Å². The Bertz CT molecular complexity index is 1320. The minimum atomic E-state index is -4.95. The molecule has 1 amide bonds. The molecule has 1 N–H and O–H groups in total. The zero-order valence-corrected chi connectivity index (χ0v) is 20.4. The highest BCUT2D eigenvalue weighted by Crippen LogP contribution is 2.42. The van der Waals surface area contributed by atoms with Crippen LogP contribution >= 0.6 is 0 Å². The van der Waals surface area contributed by atoms with Crippen LogP contribution in [0.15, 0.2) is 78.5 Å². The number of anilines is 1. The summed E-state index contributed by atoms with van der Waals surface area (Å²) in [4.78, 5) is 31.6. The number of amides is 1. The van der Waals surface area contributed by atoms with E-state index in [0.717, 1.165) is 36.3 Å². The molecule has 0 spiro atoms. The Kier molecular flexibility index (Phi) is 7.99. The highest BCUT2D eigenvalue weighted by Gasteiger charge is 2.47. The van der Waals surface area contributed by atoms with Crippen LogP contribution in [0.25, 0.3) is 5.76 Å².